The highest BCUT2D eigenvalue weighted by molar-refractivity contribution is 7.91. The molecule has 2 N–H and O–H groups in total. The Morgan fingerprint density at radius 1 is 1.04 bits per heavy atom. The van der Waals surface area contributed by atoms with Gasteiger partial charge in [0.2, 0.25) is 0 Å². The first-order valence-corrected chi connectivity index (χ1v) is 10.3. The monoisotopic (exact) mass is 388 g/mol. The van der Waals surface area contributed by atoms with Gasteiger partial charge < -0.3 is 15.4 Å². The van der Waals surface area contributed by atoms with Gasteiger partial charge in [-0.2, -0.15) is 0 Å². The van der Waals surface area contributed by atoms with Crippen LogP contribution in [-0.2, 0) is 14.6 Å². The number of amides is 2. The zero-order valence-corrected chi connectivity index (χ0v) is 15.4. The van der Waals surface area contributed by atoms with Gasteiger partial charge in [-0.1, -0.05) is 30.3 Å². The Balaban J connectivity index is 1.59. The van der Waals surface area contributed by atoms with Crippen molar-refractivity contribution in [3.05, 3.63) is 60.2 Å². The van der Waals surface area contributed by atoms with Gasteiger partial charge in [-0.3, -0.25) is 9.59 Å². The number of para-hydroxylation sites is 2. The molecule has 0 bridgehead atoms. The van der Waals surface area contributed by atoms with Crippen molar-refractivity contribution >= 4 is 27.3 Å². The molecule has 2 aromatic carbocycles. The first-order chi connectivity index (χ1) is 12.9. The highest BCUT2D eigenvalue weighted by atomic mass is 32.2. The zero-order chi connectivity index (χ0) is 19.3. The van der Waals surface area contributed by atoms with Crippen molar-refractivity contribution in [2.45, 2.75) is 12.5 Å². The van der Waals surface area contributed by atoms with Gasteiger partial charge in [0, 0.05) is 11.7 Å². The van der Waals surface area contributed by atoms with Gasteiger partial charge in [-0.25, -0.2) is 8.42 Å². The lowest BCUT2D eigenvalue weighted by Crippen LogP contribution is -2.38. The van der Waals surface area contributed by atoms with Crippen LogP contribution in [-0.4, -0.2) is 44.4 Å². The number of carbonyl (C=O) groups is 2. The van der Waals surface area contributed by atoms with Gasteiger partial charge >= 0.3 is 0 Å². The number of nitrogens with one attached hydrogen (secondary N) is 2. The van der Waals surface area contributed by atoms with E-state index in [1.807, 2.05) is 18.2 Å². The number of sulfone groups is 1. The Bertz CT molecular complexity index is 928. The highest BCUT2D eigenvalue weighted by Gasteiger charge is 2.29. The van der Waals surface area contributed by atoms with E-state index in [0.29, 0.717) is 17.7 Å². The lowest BCUT2D eigenvalue weighted by molar-refractivity contribution is -0.123. The molecule has 1 atom stereocenters. The average molecular weight is 388 g/mol. The number of benzene rings is 2. The van der Waals surface area contributed by atoms with Gasteiger partial charge in [-0.15, -0.1) is 0 Å². The predicted molar refractivity (Wildman–Crippen MR) is 102 cm³/mol. The van der Waals surface area contributed by atoms with Crippen LogP contribution < -0.4 is 15.4 Å². The van der Waals surface area contributed by atoms with Crippen LogP contribution in [0.4, 0.5) is 5.69 Å². The summed E-state index contributed by atoms with van der Waals surface area (Å²) in [6.07, 6.45) is 0.407. The van der Waals surface area contributed by atoms with Gasteiger partial charge in [0.1, 0.15) is 5.75 Å². The first kappa shape index (κ1) is 18.9. The zero-order valence-electron chi connectivity index (χ0n) is 14.6. The van der Waals surface area contributed by atoms with Crippen molar-refractivity contribution in [3.8, 4) is 5.75 Å². The molecule has 2 amide bonds. The minimum Gasteiger partial charge on any atom is -0.483 e. The van der Waals surface area contributed by atoms with Crippen LogP contribution in [0.1, 0.15) is 16.8 Å². The van der Waals surface area contributed by atoms with Crippen LogP contribution in [0.2, 0.25) is 0 Å². The van der Waals surface area contributed by atoms with Gasteiger partial charge in [0.25, 0.3) is 11.8 Å². The summed E-state index contributed by atoms with van der Waals surface area (Å²) in [7, 11) is -3.06. The summed E-state index contributed by atoms with van der Waals surface area (Å²) in [5.74, 6) is -0.453. The molecule has 0 radical (unpaired) electrons. The largest absolute Gasteiger partial charge is 0.483 e. The van der Waals surface area contributed by atoms with Crippen molar-refractivity contribution in [1.29, 1.82) is 0 Å². The second-order valence-corrected chi connectivity index (χ2v) is 8.50. The van der Waals surface area contributed by atoms with E-state index in [1.54, 1.807) is 36.4 Å². The summed E-state index contributed by atoms with van der Waals surface area (Å²) in [4.78, 5) is 24.5. The standard InChI is InChI=1S/C19H20N2O5S/c22-18(20-15-10-11-27(24,25)13-15)12-26-17-9-5-4-8-16(17)19(23)21-14-6-2-1-3-7-14/h1-9,15H,10-13H2,(H,20,22)(H,21,23). The van der Waals surface area contributed by atoms with E-state index in [2.05, 4.69) is 10.6 Å². The van der Waals surface area contributed by atoms with E-state index in [1.165, 1.54) is 0 Å². The molecule has 8 heteroatoms. The summed E-state index contributed by atoms with van der Waals surface area (Å²) in [5, 5.41) is 5.42. The van der Waals surface area contributed by atoms with E-state index >= 15 is 0 Å². The fraction of sp³-hybridized carbons (Fsp3) is 0.263. The van der Waals surface area contributed by atoms with Crippen molar-refractivity contribution in [1.82, 2.24) is 5.32 Å². The van der Waals surface area contributed by atoms with Gasteiger partial charge in [-0.05, 0) is 30.7 Å². The molecule has 0 saturated carbocycles. The minimum absolute atomic E-state index is 0.0468. The average Bonchev–Trinajstić information content (AvgIpc) is 2.99. The number of hydrogen-bond acceptors (Lipinski definition) is 5. The quantitative estimate of drug-likeness (QED) is 0.783. The lowest BCUT2D eigenvalue weighted by atomic mass is 10.2. The molecule has 3 rings (SSSR count). The number of hydrogen-bond donors (Lipinski definition) is 2. The molecule has 7 nitrogen and oxygen atoms in total. The Hall–Kier alpha value is -2.87. The van der Waals surface area contributed by atoms with E-state index < -0.39 is 15.7 Å². The van der Waals surface area contributed by atoms with Crippen LogP contribution in [0.15, 0.2) is 54.6 Å². The Labute approximate surface area is 157 Å². The number of rotatable bonds is 6. The fourth-order valence-electron chi connectivity index (χ4n) is 2.82. The smallest absolute Gasteiger partial charge is 0.259 e. The van der Waals surface area contributed by atoms with Crippen LogP contribution in [0.25, 0.3) is 0 Å². The van der Waals surface area contributed by atoms with Gasteiger partial charge in [0.05, 0.1) is 17.1 Å². The minimum atomic E-state index is -3.06. The Morgan fingerprint density at radius 2 is 1.74 bits per heavy atom. The first-order valence-electron chi connectivity index (χ1n) is 8.51. The molecular weight excluding hydrogens is 368 g/mol. The van der Waals surface area contributed by atoms with Crippen molar-refractivity contribution in [2.24, 2.45) is 0 Å². The topological polar surface area (TPSA) is 102 Å². The van der Waals surface area contributed by atoms with Crippen LogP contribution >= 0.6 is 0 Å². The Morgan fingerprint density at radius 3 is 2.44 bits per heavy atom. The van der Waals surface area contributed by atoms with E-state index in [-0.39, 0.29) is 35.8 Å². The SMILES string of the molecule is O=C(COc1ccccc1C(=O)Nc1ccccc1)NC1CCS(=O)(=O)C1. The van der Waals surface area contributed by atoms with Crippen LogP contribution in [0, 0.1) is 0 Å². The molecule has 1 aliphatic heterocycles. The highest BCUT2D eigenvalue weighted by Crippen LogP contribution is 2.20. The maximum absolute atomic E-state index is 12.5. The van der Waals surface area contributed by atoms with Crippen molar-refractivity contribution in [3.63, 3.8) is 0 Å². The van der Waals surface area contributed by atoms with Crippen molar-refractivity contribution < 1.29 is 22.7 Å². The van der Waals surface area contributed by atoms with Gasteiger partial charge in [0.15, 0.2) is 16.4 Å². The number of carbonyl (C=O) groups excluding carboxylic acids is 2. The molecule has 1 saturated heterocycles. The van der Waals surface area contributed by atoms with E-state index in [4.69, 9.17) is 4.74 Å². The molecule has 1 heterocycles. The molecule has 1 unspecified atom stereocenters. The maximum atomic E-state index is 12.5. The summed E-state index contributed by atoms with van der Waals surface area (Å²) in [5.41, 5.74) is 0.954. The number of ether oxygens (including phenoxy) is 1. The fourth-order valence-corrected chi connectivity index (χ4v) is 4.49. The summed E-state index contributed by atoms with van der Waals surface area (Å²) < 4.78 is 28.4. The third-order valence-electron chi connectivity index (χ3n) is 4.12. The third kappa shape index (κ3) is 5.30. The normalized spacial score (nSPS) is 17.9. The summed E-state index contributed by atoms with van der Waals surface area (Å²) >= 11 is 0. The maximum Gasteiger partial charge on any atom is 0.259 e. The molecule has 1 aliphatic rings. The molecule has 0 aliphatic carbocycles. The molecular formula is C19H20N2O5S. The van der Waals surface area contributed by atoms with Crippen LogP contribution in [0.3, 0.4) is 0 Å². The second kappa shape index (κ2) is 8.22. The van der Waals surface area contributed by atoms with E-state index in [9.17, 15) is 18.0 Å². The molecule has 142 valence electrons. The summed E-state index contributed by atoms with van der Waals surface area (Å²) in [6.45, 7) is -0.299. The van der Waals surface area contributed by atoms with Crippen molar-refractivity contribution in [2.75, 3.05) is 23.4 Å². The second-order valence-electron chi connectivity index (χ2n) is 6.27. The molecule has 0 aromatic heterocycles. The number of anilines is 1. The Kier molecular flexibility index (Phi) is 5.75. The van der Waals surface area contributed by atoms with Crippen LogP contribution in [0.5, 0.6) is 5.75 Å². The summed E-state index contributed by atoms with van der Waals surface area (Å²) in [6, 6.07) is 15.2. The molecule has 1 fully saturated rings. The molecule has 2 aromatic rings. The molecule has 0 spiro atoms. The van der Waals surface area contributed by atoms with E-state index in [0.717, 1.165) is 0 Å². The lowest BCUT2D eigenvalue weighted by Gasteiger charge is -2.14. The third-order valence-corrected chi connectivity index (χ3v) is 5.89. The molecule has 27 heavy (non-hydrogen) atoms. The predicted octanol–water partition coefficient (Wildman–Crippen LogP) is 1.62.